The Balaban J connectivity index is 2.02. The van der Waals surface area contributed by atoms with Crippen molar-refractivity contribution in [2.45, 2.75) is 25.4 Å². The van der Waals surface area contributed by atoms with Crippen LogP contribution in [0.5, 0.6) is 0 Å². The van der Waals surface area contributed by atoms with E-state index >= 15 is 0 Å². The van der Waals surface area contributed by atoms with Gasteiger partial charge < -0.3 is 5.73 Å². The molecule has 0 amide bonds. The van der Waals surface area contributed by atoms with Crippen molar-refractivity contribution in [1.29, 1.82) is 0 Å². The summed E-state index contributed by atoms with van der Waals surface area (Å²) in [4.78, 5) is 2.47. The van der Waals surface area contributed by atoms with Gasteiger partial charge in [0.1, 0.15) is 6.29 Å². The van der Waals surface area contributed by atoms with Crippen molar-refractivity contribution in [3.63, 3.8) is 0 Å². The van der Waals surface area contributed by atoms with E-state index in [1.54, 1.807) is 0 Å². The standard InChI is InChI=1S/C8H19N5/c1-6-11(3)13(8(9)10-2)5-7-4-12(6)7/h6-8,10H,4-5,9H2,1-3H3. The topological polar surface area (TPSA) is 47.5 Å². The molecule has 0 spiro atoms. The van der Waals surface area contributed by atoms with Gasteiger partial charge in [0.15, 0.2) is 0 Å². The maximum absolute atomic E-state index is 5.94. The Morgan fingerprint density at radius 1 is 1.46 bits per heavy atom. The molecule has 0 aromatic heterocycles. The summed E-state index contributed by atoms with van der Waals surface area (Å²) in [5.74, 6) is 0. The number of hydrogen-bond acceptors (Lipinski definition) is 5. The number of hydrazine groups is 1. The molecule has 2 saturated heterocycles. The van der Waals surface area contributed by atoms with Crippen molar-refractivity contribution in [2.24, 2.45) is 5.73 Å². The minimum atomic E-state index is -0.0600. The van der Waals surface area contributed by atoms with E-state index in [0.29, 0.717) is 6.17 Å². The van der Waals surface area contributed by atoms with Gasteiger partial charge in [-0.1, -0.05) is 0 Å². The second-order valence-electron chi connectivity index (χ2n) is 3.91. The smallest absolute Gasteiger partial charge is 0.124 e. The van der Waals surface area contributed by atoms with Crippen LogP contribution in [-0.2, 0) is 0 Å². The summed E-state index contributed by atoms with van der Waals surface area (Å²) in [6, 6.07) is 0.727. The molecule has 2 aliphatic heterocycles. The molecule has 3 N–H and O–H groups in total. The van der Waals surface area contributed by atoms with Crippen LogP contribution in [0.25, 0.3) is 0 Å². The minimum Gasteiger partial charge on any atom is -0.302 e. The summed E-state index contributed by atoms with van der Waals surface area (Å²) in [5.41, 5.74) is 5.94. The fraction of sp³-hybridized carbons (Fsp3) is 1.00. The first kappa shape index (κ1) is 9.36. The minimum absolute atomic E-state index is 0.0600. The number of nitrogens with one attached hydrogen (secondary N) is 1. The van der Waals surface area contributed by atoms with E-state index in [4.69, 9.17) is 5.73 Å². The highest BCUT2D eigenvalue weighted by atomic mass is 15.8. The Morgan fingerprint density at radius 2 is 2.15 bits per heavy atom. The maximum atomic E-state index is 5.94. The molecular weight excluding hydrogens is 166 g/mol. The zero-order valence-electron chi connectivity index (χ0n) is 8.57. The van der Waals surface area contributed by atoms with Crippen LogP contribution in [0.4, 0.5) is 0 Å². The van der Waals surface area contributed by atoms with Gasteiger partial charge in [-0.05, 0) is 14.0 Å². The van der Waals surface area contributed by atoms with Crippen LogP contribution in [0.15, 0.2) is 0 Å². The number of nitrogens with zero attached hydrogens (tertiary/aromatic N) is 3. The SMILES string of the molecule is CNC(N)N1CC2CN2C(C)N1C. The molecular formula is C8H19N5. The fourth-order valence-corrected chi connectivity index (χ4v) is 2.05. The Bertz CT molecular complexity index is 197. The van der Waals surface area contributed by atoms with Gasteiger partial charge >= 0.3 is 0 Å². The molecule has 2 aliphatic rings. The quantitative estimate of drug-likeness (QED) is 0.411. The molecule has 4 atom stereocenters. The molecule has 2 heterocycles. The third kappa shape index (κ3) is 1.47. The third-order valence-corrected chi connectivity index (χ3v) is 3.20. The van der Waals surface area contributed by atoms with E-state index in [0.717, 1.165) is 12.6 Å². The average Bonchev–Trinajstić information content (AvgIpc) is 2.89. The number of rotatable bonds is 2. The van der Waals surface area contributed by atoms with E-state index < -0.39 is 0 Å². The normalized spacial score (nSPS) is 42.9. The zero-order chi connectivity index (χ0) is 9.59. The van der Waals surface area contributed by atoms with Crippen molar-refractivity contribution < 1.29 is 0 Å². The van der Waals surface area contributed by atoms with Crippen molar-refractivity contribution in [1.82, 2.24) is 20.2 Å². The van der Waals surface area contributed by atoms with Crippen LogP contribution in [0.1, 0.15) is 6.92 Å². The van der Waals surface area contributed by atoms with E-state index in [-0.39, 0.29) is 6.29 Å². The summed E-state index contributed by atoms with van der Waals surface area (Å²) < 4.78 is 0. The number of hydrogen-bond donors (Lipinski definition) is 2. The molecule has 4 unspecified atom stereocenters. The van der Waals surface area contributed by atoms with Crippen LogP contribution >= 0.6 is 0 Å². The molecule has 0 radical (unpaired) electrons. The molecule has 0 saturated carbocycles. The summed E-state index contributed by atoms with van der Waals surface area (Å²) >= 11 is 0. The second-order valence-corrected chi connectivity index (χ2v) is 3.91. The Labute approximate surface area is 79.4 Å². The summed E-state index contributed by atoms with van der Waals surface area (Å²) in [7, 11) is 3.98. The van der Waals surface area contributed by atoms with Crippen molar-refractivity contribution >= 4 is 0 Å². The summed E-state index contributed by atoms with van der Waals surface area (Å²) in [6.07, 6.45) is 0.424. The van der Waals surface area contributed by atoms with Crippen molar-refractivity contribution in [3.8, 4) is 0 Å². The Kier molecular flexibility index (Phi) is 2.29. The highest BCUT2D eigenvalue weighted by Gasteiger charge is 2.47. The van der Waals surface area contributed by atoms with Gasteiger partial charge in [-0.15, -0.1) is 0 Å². The first-order valence-corrected chi connectivity index (χ1v) is 4.83. The van der Waals surface area contributed by atoms with Crippen LogP contribution < -0.4 is 11.1 Å². The molecule has 0 aromatic carbocycles. The van der Waals surface area contributed by atoms with Gasteiger partial charge in [-0.25, -0.2) is 10.0 Å². The van der Waals surface area contributed by atoms with E-state index in [1.165, 1.54) is 6.54 Å². The van der Waals surface area contributed by atoms with Crippen molar-refractivity contribution in [2.75, 3.05) is 27.2 Å². The van der Waals surface area contributed by atoms with Gasteiger partial charge in [-0.2, -0.15) is 0 Å². The first-order chi connectivity index (χ1) is 6.15. The predicted octanol–water partition coefficient (Wildman–Crippen LogP) is -1.36. The zero-order valence-corrected chi connectivity index (χ0v) is 8.57. The van der Waals surface area contributed by atoms with E-state index in [9.17, 15) is 0 Å². The lowest BCUT2D eigenvalue weighted by Gasteiger charge is -2.43. The molecule has 13 heavy (non-hydrogen) atoms. The molecule has 2 fully saturated rings. The Morgan fingerprint density at radius 3 is 2.77 bits per heavy atom. The molecule has 2 rings (SSSR count). The summed E-state index contributed by atoms with van der Waals surface area (Å²) in [6.45, 7) is 4.48. The first-order valence-electron chi connectivity index (χ1n) is 4.83. The molecule has 5 heteroatoms. The maximum Gasteiger partial charge on any atom is 0.124 e. The van der Waals surface area contributed by atoms with E-state index in [1.807, 2.05) is 7.05 Å². The van der Waals surface area contributed by atoms with Gasteiger partial charge in [0, 0.05) is 26.2 Å². The van der Waals surface area contributed by atoms with Gasteiger partial charge in [0.25, 0.3) is 0 Å². The number of fused-ring (bicyclic) bond motifs is 1. The molecule has 0 aliphatic carbocycles. The highest BCUT2D eigenvalue weighted by Crippen LogP contribution is 2.29. The lowest BCUT2D eigenvalue weighted by atomic mass is 10.4. The second kappa shape index (κ2) is 3.18. The molecule has 0 aromatic rings. The van der Waals surface area contributed by atoms with Crippen LogP contribution in [0, 0.1) is 0 Å². The van der Waals surface area contributed by atoms with Gasteiger partial charge in [0.05, 0.1) is 6.17 Å². The largest absolute Gasteiger partial charge is 0.302 e. The van der Waals surface area contributed by atoms with Crippen molar-refractivity contribution in [3.05, 3.63) is 0 Å². The monoisotopic (exact) mass is 185 g/mol. The molecule has 0 bridgehead atoms. The third-order valence-electron chi connectivity index (χ3n) is 3.20. The van der Waals surface area contributed by atoms with E-state index in [2.05, 4.69) is 34.2 Å². The van der Waals surface area contributed by atoms with Gasteiger partial charge in [0.2, 0.25) is 0 Å². The Hall–Kier alpha value is -0.200. The van der Waals surface area contributed by atoms with Crippen LogP contribution in [-0.4, -0.2) is 60.6 Å². The average molecular weight is 185 g/mol. The van der Waals surface area contributed by atoms with Gasteiger partial charge in [-0.3, -0.25) is 10.2 Å². The predicted molar refractivity (Wildman–Crippen MR) is 51.5 cm³/mol. The van der Waals surface area contributed by atoms with Crippen LogP contribution in [0.3, 0.4) is 0 Å². The molecule has 5 nitrogen and oxygen atoms in total. The van der Waals surface area contributed by atoms with Crippen LogP contribution in [0.2, 0.25) is 0 Å². The lowest BCUT2D eigenvalue weighted by molar-refractivity contribution is -0.124. The lowest BCUT2D eigenvalue weighted by Crippen LogP contribution is -2.63. The number of nitrogens with two attached hydrogens (primary N) is 1. The summed E-state index contributed by atoms with van der Waals surface area (Å²) in [5, 5.41) is 7.47. The molecule has 76 valence electrons. The highest BCUT2D eigenvalue weighted by molar-refractivity contribution is 4.97. The fourth-order valence-electron chi connectivity index (χ4n) is 2.05.